The van der Waals surface area contributed by atoms with Gasteiger partial charge in [-0.05, 0) is 26.7 Å². The lowest BCUT2D eigenvalue weighted by atomic mass is 9.92. The van der Waals surface area contributed by atoms with E-state index < -0.39 is 0 Å². The van der Waals surface area contributed by atoms with Crippen molar-refractivity contribution in [3.05, 3.63) is 11.8 Å². The molecule has 0 aliphatic heterocycles. The Balaban J connectivity index is 3.00. The number of hydrogen-bond acceptors (Lipinski definition) is 2. The van der Waals surface area contributed by atoms with Crippen LogP contribution in [0.5, 0.6) is 0 Å². The van der Waals surface area contributed by atoms with Crippen LogP contribution in [0.1, 0.15) is 61.1 Å². The van der Waals surface area contributed by atoms with E-state index in [0.29, 0.717) is 12.5 Å². The summed E-state index contributed by atoms with van der Waals surface area (Å²) in [5, 5.41) is 10.5. The molecule has 1 rings (SSSR count). The fourth-order valence-corrected chi connectivity index (χ4v) is 1.81. The summed E-state index contributed by atoms with van der Waals surface area (Å²) in [5.74, 6) is 1.15. The van der Waals surface area contributed by atoms with Crippen LogP contribution in [0.4, 0.5) is 10.6 Å². The van der Waals surface area contributed by atoms with E-state index in [0.717, 1.165) is 11.5 Å². The summed E-state index contributed by atoms with van der Waals surface area (Å²) >= 11 is 0. The summed E-state index contributed by atoms with van der Waals surface area (Å²) < 4.78 is 1.88. The maximum absolute atomic E-state index is 12.0. The molecule has 1 aromatic rings. The summed E-state index contributed by atoms with van der Waals surface area (Å²) in [6.45, 7) is 17.4. The molecule has 0 radical (unpaired) electrons. The number of nitrogens with one attached hydrogen (secondary N) is 2. The van der Waals surface area contributed by atoms with Crippen LogP contribution >= 0.6 is 0 Å². The Kier molecular flexibility index (Phi) is 5.07. The maximum Gasteiger partial charge on any atom is 0.320 e. The second-order valence-corrected chi connectivity index (χ2v) is 7.98. The number of carbonyl (C=O) groups excluding carboxylic acids is 1. The van der Waals surface area contributed by atoms with E-state index in [1.807, 2.05) is 10.7 Å². The Morgan fingerprint density at radius 3 is 2.24 bits per heavy atom. The first-order valence-electron chi connectivity index (χ1n) is 7.57. The van der Waals surface area contributed by atoms with Crippen molar-refractivity contribution in [2.45, 2.75) is 66.3 Å². The Morgan fingerprint density at radius 2 is 1.81 bits per heavy atom. The number of anilines is 1. The van der Waals surface area contributed by atoms with Crippen molar-refractivity contribution >= 4 is 11.8 Å². The smallest absolute Gasteiger partial charge is 0.320 e. The first-order chi connectivity index (χ1) is 9.41. The van der Waals surface area contributed by atoms with Crippen molar-refractivity contribution in [3.63, 3.8) is 0 Å². The van der Waals surface area contributed by atoms with Gasteiger partial charge in [0.05, 0.1) is 11.2 Å². The van der Waals surface area contributed by atoms with Crippen molar-refractivity contribution in [1.29, 1.82) is 0 Å². The van der Waals surface area contributed by atoms with E-state index in [9.17, 15) is 4.79 Å². The molecular formula is C16H30N4O. The van der Waals surface area contributed by atoms with E-state index in [1.165, 1.54) is 0 Å². The minimum atomic E-state index is -0.190. The molecule has 0 saturated carbocycles. The minimum Gasteiger partial charge on any atom is -0.338 e. The third-order valence-corrected chi connectivity index (χ3v) is 3.03. The second kappa shape index (κ2) is 6.08. The first kappa shape index (κ1) is 17.5. The predicted molar refractivity (Wildman–Crippen MR) is 87.8 cm³/mol. The highest BCUT2D eigenvalue weighted by molar-refractivity contribution is 5.88. The molecule has 0 aliphatic rings. The molecule has 0 atom stereocenters. The number of rotatable bonds is 3. The van der Waals surface area contributed by atoms with E-state index in [4.69, 9.17) is 0 Å². The van der Waals surface area contributed by atoms with E-state index >= 15 is 0 Å². The van der Waals surface area contributed by atoms with Crippen molar-refractivity contribution in [3.8, 4) is 0 Å². The lowest BCUT2D eigenvalue weighted by Gasteiger charge is -2.23. The van der Waals surface area contributed by atoms with Crippen molar-refractivity contribution < 1.29 is 4.79 Å². The molecular weight excluding hydrogens is 264 g/mol. The Labute approximate surface area is 128 Å². The summed E-state index contributed by atoms with van der Waals surface area (Å²) in [4.78, 5) is 12.0. The van der Waals surface area contributed by atoms with E-state index in [2.05, 4.69) is 71.1 Å². The third kappa shape index (κ3) is 5.06. The van der Waals surface area contributed by atoms with Crippen LogP contribution in [0.2, 0.25) is 0 Å². The zero-order chi connectivity index (χ0) is 16.4. The second-order valence-electron chi connectivity index (χ2n) is 7.98. The number of aromatic nitrogens is 2. The van der Waals surface area contributed by atoms with Crippen LogP contribution in [0.15, 0.2) is 6.07 Å². The fourth-order valence-electron chi connectivity index (χ4n) is 1.81. The average Bonchev–Trinajstić information content (AvgIpc) is 2.69. The molecule has 0 saturated heterocycles. The number of nitrogens with zero attached hydrogens (tertiary/aromatic N) is 2. The molecule has 2 amide bonds. The molecule has 0 aromatic carbocycles. The Bertz CT molecular complexity index is 489. The van der Waals surface area contributed by atoms with Crippen LogP contribution in [0.3, 0.4) is 0 Å². The van der Waals surface area contributed by atoms with Crippen LogP contribution < -0.4 is 10.6 Å². The third-order valence-electron chi connectivity index (χ3n) is 3.03. The normalized spacial score (nSPS) is 12.6. The zero-order valence-corrected chi connectivity index (χ0v) is 14.7. The van der Waals surface area contributed by atoms with Crippen LogP contribution in [0, 0.1) is 5.92 Å². The minimum absolute atomic E-state index is 0.0542. The van der Waals surface area contributed by atoms with Gasteiger partial charge in [0.25, 0.3) is 0 Å². The quantitative estimate of drug-likeness (QED) is 0.892. The molecule has 1 aromatic heterocycles. The van der Waals surface area contributed by atoms with Crippen LogP contribution in [-0.2, 0) is 11.0 Å². The van der Waals surface area contributed by atoms with Crippen molar-refractivity contribution in [2.75, 3.05) is 11.9 Å². The van der Waals surface area contributed by atoms with Gasteiger partial charge in [0.15, 0.2) is 0 Å². The number of carbonyl (C=O) groups is 1. The summed E-state index contributed by atoms with van der Waals surface area (Å²) in [6, 6.07) is 1.77. The number of amides is 2. The lowest BCUT2D eigenvalue weighted by molar-refractivity contribution is 0.250. The molecule has 0 aliphatic carbocycles. The van der Waals surface area contributed by atoms with Gasteiger partial charge in [0, 0.05) is 18.0 Å². The highest BCUT2D eigenvalue weighted by Crippen LogP contribution is 2.28. The standard InChI is InChI=1S/C16H30N4O/c1-11(2)10-17-14(21)18-13-9-12(15(3,4)5)19-20(13)16(6,7)8/h9,11H,10H2,1-8H3,(H2,17,18,21). The highest BCUT2D eigenvalue weighted by Gasteiger charge is 2.25. The molecule has 120 valence electrons. The zero-order valence-electron chi connectivity index (χ0n) is 14.7. The predicted octanol–water partition coefficient (Wildman–Crippen LogP) is 3.71. The van der Waals surface area contributed by atoms with Gasteiger partial charge in [-0.15, -0.1) is 0 Å². The SMILES string of the molecule is CC(C)CNC(=O)Nc1cc(C(C)(C)C)nn1C(C)(C)C. The topological polar surface area (TPSA) is 59.0 Å². The molecule has 2 N–H and O–H groups in total. The van der Waals surface area contributed by atoms with Gasteiger partial charge >= 0.3 is 6.03 Å². The molecule has 0 fully saturated rings. The van der Waals surface area contributed by atoms with E-state index in [1.54, 1.807) is 0 Å². The molecule has 5 heteroatoms. The summed E-state index contributed by atoms with van der Waals surface area (Å²) in [7, 11) is 0. The molecule has 21 heavy (non-hydrogen) atoms. The summed E-state index contributed by atoms with van der Waals surface area (Å²) in [6.07, 6.45) is 0. The monoisotopic (exact) mass is 294 g/mol. The average molecular weight is 294 g/mol. The summed E-state index contributed by atoms with van der Waals surface area (Å²) in [5.41, 5.74) is 0.725. The van der Waals surface area contributed by atoms with Gasteiger partial charge in [-0.2, -0.15) is 5.10 Å². The first-order valence-corrected chi connectivity index (χ1v) is 7.57. The molecule has 0 bridgehead atoms. The number of hydrogen-bond donors (Lipinski definition) is 2. The van der Waals surface area contributed by atoms with Gasteiger partial charge in [-0.25, -0.2) is 9.48 Å². The van der Waals surface area contributed by atoms with Crippen LogP contribution in [-0.4, -0.2) is 22.4 Å². The maximum atomic E-state index is 12.0. The van der Waals surface area contributed by atoms with Crippen molar-refractivity contribution in [2.24, 2.45) is 5.92 Å². The molecule has 0 unspecified atom stereocenters. The van der Waals surface area contributed by atoms with Crippen molar-refractivity contribution in [1.82, 2.24) is 15.1 Å². The largest absolute Gasteiger partial charge is 0.338 e. The van der Waals surface area contributed by atoms with Gasteiger partial charge in [0.2, 0.25) is 0 Å². The molecule has 5 nitrogen and oxygen atoms in total. The van der Waals surface area contributed by atoms with Gasteiger partial charge < -0.3 is 5.32 Å². The molecule has 1 heterocycles. The molecule has 0 spiro atoms. The highest BCUT2D eigenvalue weighted by atomic mass is 16.2. The Morgan fingerprint density at radius 1 is 1.24 bits per heavy atom. The number of urea groups is 1. The van der Waals surface area contributed by atoms with Gasteiger partial charge in [-0.3, -0.25) is 5.32 Å². The van der Waals surface area contributed by atoms with Crippen LogP contribution in [0.25, 0.3) is 0 Å². The van der Waals surface area contributed by atoms with Gasteiger partial charge in [-0.1, -0.05) is 34.6 Å². The Hall–Kier alpha value is -1.52. The lowest BCUT2D eigenvalue weighted by Crippen LogP contribution is -2.34. The van der Waals surface area contributed by atoms with E-state index in [-0.39, 0.29) is 17.0 Å². The fraction of sp³-hybridized carbons (Fsp3) is 0.750. The van der Waals surface area contributed by atoms with Gasteiger partial charge in [0.1, 0.15) is 5.82 Å².